The molecule has 2 saturated heterocycles. The molecule has 168 valence electrons. The molecule has 2 aliphatic heterocycles. The number of aryl methyl sites for hydroxylation is 1. The number of nitrogens with zero attached hydrogens (tertiary/aromatic N) is 1. The summed E-state index contributed by atoms with van der Waals surface area (Å²) in [6, 6.07) is 18.6. The molecule has 7 heteroatoms. The first-order valence-electron chi connectivity index (χ1n) is 10.9. The smallest absolute Gasteiger partial charge is 0.241 e. The number of halogens is 1. The van der Waals surface area contributed by atoms with E-state index in [2.05, 4.69) is 0 Å². The Hall–Kier alpha value is -3.97. The van der Waals surface area contributed by atoms with Gasteiger partial charge in [-0.25, -0.2) is 9.29 Å². The molecule has 6 nitrogen and oxygen atoms in total. The minimum absolute atomic E-state index is 0.0542. The number of ketones is 2. The van der Waals surface area contributed by atoms with Crippen LogP contribution in [0.25, 0.3) is 0 Å². The van der Waals surface area contributed by atoms with Crippen LogP contribution >= 0.6 is 0 Å². The maximum absolute atomic E-state index is 14.0. The Morgan fingerprint density at radius 2 is 1.47 bits per heavy atom. The van der Waals surface area contributed by atoms with Crippen molar-refractivity contribution in [3.8, 4) is 0 Å². The monoisotopic (exact) mass is 455 g/mol. The van der Waals surface area contributed by atoms with E-state index in [0.29, 0.717) is 5.56 Å². The molecular weight excluding hydrogens is 437 g/mol. The minimum Gasteiger partial charge on any atom is -0.349 e. The predicted molar refractivity (Wildman–Crippen MR) is 119 cm³/mol. The number of benzene rings is 3. The largest absolute Gasteiger partial charge is 0.349 e. The SMILES string of the molecule is Cc1ccccc1[C@@H]1OC2(C(=O)c3ccccc3C2=O)[C@@H]2C(=O)N(c3cccc(F)c3)C(=O)[C@H]21. The number of carbonyl (C=O) groups excluding carboxylic acids is 4. The fourth-order valence-corrected chi connectivity index (χ4v) is 5.58. The van der Waals surface area contributed by atoms with E-state index in [4.69, 9.17) is 4.74 Å². The van der Waals surface area contributed by atoms with Crippen LogP contribution in [0, 0.1) is 24.6 Å². The number of ether oxygens (including phenoxy) is 1. The highest BCUT2D eigenvalue weighted by molar-refractivity contribution is 6.37. The van der Waals surface area contributed by atoms with Gasteiger partial charge in [0, 0.05) is 11.1 Å². The van der Waals surface area contributed by atoms with Crippen LogP contribution in [0.4, 0.5) is 10.1 Å². The fraction of sp³-hybridized carbons (Fsp3) is 0.185. The topological polar surface area (TPSA) is 80.8 Å². The van der Waals surface area contributed by atoms with Crippen LogP contribution in [0.5, 0.6) is 0 Å². The lowest BCUT2D eigenvalue weighted by Crippen LogP contribution is -2.51. The zero-order valence-electron chi connectivity index (χ0n) is 18.0. The molecule has 6 rings (SSSR count). The molecule has 3 atom stereocenters. The van der Waals surface area contributed by atoms with Crippen LogP contribution in [0.2, 0.25) is 0 Å². The summed E-state index contributed by atoms with van der Waals surface area (Å²) < 4.78 is 20.2. The van der Waals surface area contributed by atoms with Crippen molar-refractivity contribution in [2.45, 2.75) is 18.6 Å². The lowest BCUT2D eigenvalue weighted by Gasteiger charge is -2.27. The highest BCUT2D eigenvalue weighted by Crippen LogP contribution is 2.58. The van der Waals surface area contributed by atoms with E-state index < -0.39 is 52.7 Å². The zero-order valence-corrected chi connectivity index (χ0v) is 18.0. The summed E-state index contributed by atoms with van der Waals surface area (Å²) in [5.74, 6) is -5.70. The van der Waals surface area contributed by atoms with E-state index in [9.17, 15) is 23.6 Å². The number of hydrogen-bond acceptors (Lipinski definition) is 5. The highest BCUT2D eigenvalue weighted by atomic mass is 19.1. The second-order valence-corrected chi connectivity index (χ2v) is 8.83. The summed E-state index contributed by atoms with van der Waals surface area (Å²) in [5, 5.41) is 0. The molecule has 0 N–H and O–H groups in total. The lowest BCUT2D eigenvalue weighted by molar-refractivity contribution is -0.127. The summed E-state index contributed by atoms with van der Waals surface area (Å²) in [6.07, 6.45) is -0.997. The molecule has 2 fully saturated rings. The van der Waals surface area contributed by atoms with Gasteiger partial charge in [-0.1, -0.05) is 54.6 Å². The van der Waals surface area contributed by atoms with Gasteiger partial charge in [0.2, 0.25) is 29.0 Å². The van der Waals surface area contributed by atoms with Crippen molar-refractivity contribution in [1.29, 1.82) is 0 Å². The summed E-state index contributed by atoms with van der Waals surface area (Å²) in [6.45, 7) is 1.83. The van der Waals surface area contributed by atoms with Crippen molar-refractivity contribution < 1.29 is 28.3 Å². The Morgan fingerprint density at radius 3 is 2.12 bits per heavy atom. The molecule has 0 aromatic heterocycles. The minimum atomic E-state index is -2.14. The van der Waals surface area contributed by atoms with Gasteiger partial charge < -0.3 is 4.74 Å². The Morgan fingerprint density at radius 1 is 0.824 bits per heavy atom. The van der Waals surface area contributed by atoms with Crippen molar-refractivity contribution in [3.63, 3.8) is 0 Å². The first-order chi connectivity index (χ1) is 16.4. The highest BCUT2D eigenvalue weighted by Gasteiger charge is 2.74. The maximum Gasteiger partial charge on any atom is 0.241 e. The first-order valence-corrected chi connectivity index (χ1v) is 10.9. The number of imide groups is 1. The van der Waals surface area contributed by atoms with Crippen LogP contribution in [-0.2, 0) is 14.3 Å². The molecule has 34 heavy (non-hydrogen) atoms. The van der Waals surface area contributed by atoms with Gasteiger partial charge in [0.1, 0.15) is 5.82 Å². The van der Waals surface area contributed by atoms with Gasteiger partial charge in [-0.3, -0.25) is 19.2 Å². The molecule has 0 saturated carbocycles. The second-order valence-electron chi connectivity index (χ2n) is 8.83. The molecule has 2 amide bonds. The quantitative estimate of drug-likeness (QED) is 0.433. The van der Waals surface area contributed by atoms with E-state index in [1.165, 1.54) is 30.3 Å². The number of amides is 2. The molecule has 3 aromatic rings. The summed E-state index contributed by atoms with van der Waals surface area (Å²) in [4.78, 5) is 55.8. The zero-order chi connectivity index (χ0) is 23.8. The van der Waals surface area contributed by atoms with Crippen molar-refractivity contribution in [3.05, 3.63) is 101 Å². The van der Waals surface area contributed by atoms with Crippen molar-refractivity contribution in [1.82, 2.24) is 0 Å². The van der Waals surface area contributed by atoms with E-state index in [1.54, 1.807) is 24.3 Å². The van der Waals surface area contributed by atoms with Gasteiger partial charge in [0.05, 0.1) is 23.6 Å². The van der Waals surface area contributed by atoms with Gasteiger partial charge in [-0.2, -0.15) is 0 Å². The Balaban J connectivity index is 1.57. The molecule has 1 aliphatic carbocycles. The third-order valence-electron chi connectivity index (χ3n) is 7.08. The molecule has 0 bridgehead atoms. The van der Waals surface area contributed by atoms with Gasteiger partial charge >= 0.3 is 0 Å². The summed E-state index contributed by atoms with van der Waals surface area (Å²) >= 11 is 0. The lowest BCUT2D eigenvalue weighted by atomic mass is 9.77. The third-order valence-corrected chi connectivity index (χ3v) is 7.08. The fourth-order valence-electron chi connectivity index (χ4n) is 5.58. The first kappa shape index (κ1) is 20.6. The Bertz CT molecular complexity index is 1390. The second kappa shape index (κ2) is 7.01. The summed E-state index contributed by atoms with van der Waals surface area (Å²) in [7, 11) is 0. The number of carbonyl (C=O) groups is 4. The Labute approximate surface area is 193 Å². The van der Waals surface area contributed by atoms with E-state index in [0.717, 1.165) is 16.5 Å². The molecule has 3 aromatic carbocycles. The van der Waals surface area contributed by atoms with Crippen LogP contribution in [0.1, 0.15) is 37.9 Å². The van der Waals surface area contributed by atoms with Gasteiger partial charge in [0.15, 0.2) is 0 Å². The molecule has 0 unspecified atom stereocenters. The number of rotatable bonds is 2. The van der Waals surface area contributed by atoms with E-state index in [1.807, 2.05) is 19.1 Å². The van der Waals surface area contributed by atoms with Crippen molar-refractivity contribution in [2.75, 3.05) is 4.90 Å². The summed E-state index contributed by atoms with van der Waals surface area (Å²) in [5.41, 5.74) is -0.340. The average molecular weight is 455 g/mol. The van der Waals surface area contributed by atoms with Crippen molar-refractivity contribution in [2.24, 2.45) is 11.8 Å². The molecule has 0 radical (unpaired) electrons. The van der Waals surface area contributed by atoms with Gasteiger partial charge in [-0.05, 0) is 36.2 Å². The molecular formula is C27H18FNO5. The van der Waals surface area contributed by atoms with Gasteiger partial charge in [0.25, 0.3) is 0 Å². The molecule has 3 aliphatic rings. The van der Waals surface area contributed by atoms with Crippen LogP contribution in [0.15, 0.2) is 72.8 Å². The maximum atomic E-state index is 14.0. The number of anilines is 1. The van der Waals surface area contributed by atoms with Crippen molar-refractivity contribution >= 4 is 29.1 Å². The molecule has 2 heterocycles. The number of fused-ring (bicyclic) bond motifs is 3. The van der Waals surface area contributed by atoms with E-state index in [-0.39, 0.29) is 16.8 Å². The van der Waals surface area contributed by atoms with Crippen LogP contribution in [0.3, 0.4) is 0 Å². The van der Waals surface area contributed by atoms with Crippen LogP contribution < -0.4 is 4.90 Å². The standard InChI is InChI=1S/C27H18FNO5/c1-14-7-2-3-10-17(14)22-20-21(26(33)29(25(20)32)16-9-6-8-15(28)13-16)27(34-22)23(30)18-11-4-5-12-19(18)24(27)31/h2-13,20-22H,1H3/t20-,21+,22+/m1/s1. The van der Waals surface area contributed by atoms with Gasteiger partial charge in [-0.15, -0.1) is 0 Å². The normalized spacial score (nSPS) is 24.8. The van der Waals surface area contributed by atoms with Crippen LogP contribution in [-0.4, -0.2) is 29.0 Å². The number of hydrogen-bond donors (Lipinski definition) is 0. The van der Waals surface area contributed by atoms with E-state index >= 15 is 0 Å². The Kier molecular flexibility index (Phi) is 4.25. The third kappa shape index (κ3) is 2.47. The molecule has 1 spiro atoms. The number of Topliss-reactive ketones (excluding diaryl/α,β-unsaturated/α-hetero) is 2. The average Bonchev–Trinajstić information content (AvgIpc) is 3.39. The predicted octanol–water partition coefficient (Wildman–Crippen LogP) is 3.83.